The lowest BCUT2D eigenvalue weighted by Crippen LogP contribution is -2.37. The van der Waals surface area contributed by atoms with Crippen LogP contribution in [0.25, 0.3) is 33.9 Å². The maximum absolute atomic E-state index is 13.9. The molecular formula is C29H30N8O2. The minimum Gasteiger partial charge on any atom is -0.378 e. The second-order valence-corrected chi connectivity index (χ2v) is 10.5. The van der Waals surface area contributed by atoms with Gasteiger partial charge in [-0.2, -0.15) is 0 Å². The van der Waals surface area contributed by atoms with E-state index in [2.05, 4.69) is 39.5 Å². The summed E-state index contributed by atoms with van der Waals surface area (Å²) in [4.78, 5) is 34.9. The lowest BCUT2D eigenvalue weighted by Gasteiger charge is -2.30. The average Bonchev–Trinajstić information content (AvgIpc) is 3.48. The van der Waals surface area contributed by atoms with E-state index in [-0.39, 0.29) is 11.6 Å². The number of morpholine rings is 1. The second kappa shape index (κ2) is 9.46. The number of aromatic nitrogens is 7. The fourth-order valence-electron chi connectivity index (χ4n) is 5.24. The summed E-state index contributed by atoms with van der Waals surface area (Å²) >= 11 is 0. The van der Waals surface area contributed by atoms with E-state index in [0.717, 1.165) is 36.0 Å². The Balaban J connectivity index is 1.35. The average molecular weight is 523 g/mol. The van der Waals surface area contributed by atoms with Gasteiger partial charge in [0, 0.05) is 43.6 Å². The minimum absolute atomic E-state index is 0.172. The fraction of sp³-hybridized carbons (Fsp3) is 0.345. The number of hydrogen-bond acceptors (Lipinski definition) is 7. The second-order valence-electron chi connectivity index (χ2n) is 10.5. The Morgan fingerprint density at radius 3 is 2.64 bits per heavy atom. The number of pyridine rings is 1. The van der Waals surface area contributed by atoms with Gasteiger partial charge in [0.25, 0.3) is 5.56 Å². The Kier molecular flexibility index (Phi) is 5.77. The van der Waals surface area contributed by atoms with Gasteiger partial charge in [0.2, 0.25) is 0 Å². The van der Waals surface area contributed by atoms with Gasteiger partial charge < -0.3 is 18.8 Å². The first kappa shape index (κ1) is 23.8. The van der Waals surface area contributed by atoms with Crippen molar-refractivity contribution in [3.05, 3.63) is 77.6 Å². The van der Waals surface area contributed by atoms with E-state index in [4.69, 9.17) is 14.7 Å². The lowest BCUT2D eigenvalue weighted by atomic mass is 10.1. The van der Waals surface area contributed by atoms with E-state index in [0.29, 0.717) is 41.5 Å². The number of nitrogens with zero attached hydrogens (tertiary/aromatic N) is 8. The van der Waals surface area contributed by atoms with Gasteiger partial charge >= 0.3 is 0 Å². The van der Waals surface area contributed by atoms with Crippen LogP contribution < -0.4 is 10.5 Å². The molecule has 10 heteroatoms. The molecule has 0 bridgehead atoms. The first-order chi connectivity index (χ1) is 19.1. The van der Waals surface area contributed by atoms with Crippen molar-refractivity contribution >= 4 is 16.6 Å². The highest BCUT2D eigenvalue weighted by atomic mass is 16.5. The molecule has 0 amide bonds. The molecule has 39 heavy (non-hydrogen) atoms. The lowest BCUT2D eigenvalue weighted by molar-refractivity contribution is 0.122. The molecule has 1 aliphatic carbocycles. The smallest absolute Gasteiger partial charge is 0.267 e. The number of fused-ring (bicyclic) bond motifs is 1. The zero-order valence-corrected chi connectivity index (χ0v) is 22.1. The normalized spacial score (nSPS) is 15.9. The van der Waals surface area contributed by atoms with Gasteiger partial charge in [0.15, 0.2) is 5.82 Å². The van der Waals surface area contributed by atoms with Gasteiger partial charge in [-0.15, -0.1) is 0 Å². The number of rotatable bonds is 6. The highest BCUT2D eigenvalue weighted by Gasteiger charge is 2.27. The van der Waals surface area contributed by atoms with Crippen LogP contribution in [0, 0.1) is 0 Å². The molecule has 1 saturated carbocycles. The number of benzene rings is 1. The van der Waals surface area contributed by atoms with Gasteiger partial charge in [-0.1, -0.05) is 6.07 Å². The van der Waals surface area contributed by atoms with Crippen molar-refractivity contribution in [1.29, 1.82) is 0 Å². The van der Waals surface area contributed by atoms with E-state index < -0.39 is 0 Å². The molecule has 0 spiro atoms. The Bertz CT molecular complexity index is 1720. The molecule has 7 rings (SSSR count). The van der Waals surface area contributed by atoms with Crippen molar-refractivity contribution in [1.82, 2.24) is 33.6 Å². The minimum atomic E-state index is -0.172. The SMILES string of the molecule is CC(C)n1ccnc1-c1cccc(-n2cnc3cc(N4CCOCC4)c(-n4cnc(C5CC5)c4)cc3c2=O)n1. The van der Waals surface area contributed by atoms with Gasteiger partial charge in [0.1, 0.15) is 17.8 Å². The van der Waals surface area contributed by atoms with Crippen molar-refractivity contribution in [2.75, 3.05) is 31.2 Å². The summed E-state index contributed by atoms with van der Waals surface area (Å²) in [5, 5.41) is 0.530. The molecule has 4 aromatic heterocycles. The van der Waals surface area contributed by atoms with E-state index in [1.54, 1.807) is 12.5 Å². The summed E-state index contributed by atoms with van der Waals surface area (Å²) in [6, 6.07) is 9.82. The molecule has 5 aromatic rings. The number of anilines is 1. The Labute approximate surface area is 225 Å². The molecule has 10 nitrogen and oxygen atoms in total. The predicted octanol–water partition coefficient (Wildman–Crippen LogP) is 4.12. The molecule has 0 N–H and O–H groups in total. The summed E-state index contributed by atoms with van der Waals surface area (Å²) < 4.78 is 11.2. The number of hydrogen-bond donors (Lipinski definition) is 0. The standard InChI is InChI=1S/C29H30N8O2/c1-19(2)36-9-8-30-28(36)22-4-3-5-27(33-22)37-18-32-23-15-26(34-10-12-39-13-11-34)25(14-21(23)29(37)38)35-16-24(31-17-35)20-6-7-20/h3-5,8-9,14-20H,6-7,10-13H2,1-2H3. The van der Waals surface area contributed by atoms with Crippen LogP contribution >= 0.6 is 0 Å². The third-order valence-corrected chi connectivity index (χ3v) is 7.52. The molecule has 0 radical (unpaired) electrons. The number of ether oxygens (including phenoxy) is 1. The molecule has 0 unspecified atom stereocenters. The predicted molar refractivity (Wildman–Crippen MR) is 149 cm³/mol. The highest BCUT2D eigenvalue weighted by Crippen LogP contribution is 2.39. The van der Waals surface area contributed by atoms with Crippen LogP contribution in [-0.2, 0) is 4.74 Å². The van der Waals surface area contributed by atoms with E-state index in [1.807, 2.05) is 47.4 Å². The topological polar surface area (TPSA) is 95.9 Å². The summed E-state index contributed by atoms with van der Waals surface area (Å²) in [5.74, 6) is 1.81. The summed E-state index contributed by atoms with van der Waals surface area (Å²) in [7, 11) is 0. The Hall–Kier alpha value is -4.31. The van der Waals surface area contributed by atoms with Crippen LogP contribution in [0.2, 0.25) is 0 Å². The summed E-state index contributed by atoms with van der Waals surface area (Å²) in [5.41, 5.74) is 4.22. The van der Waals surface area contributed by atoms with Crippen molar-refractivity contribution in [2.45, 2.75) is 38.6 Å². The van der Waals surface area contributed by atoms with Crippen LogP contribution in [0.5, 0.6) is 0 Å². The first-order valence-electron chi connectivity index (χ1n) is 13.5. The Morgan fingerprint density at radius 1 is 1.00 bits per heavy atom. The molecule has 1 aromatic carbocycles. The van der Waals surface area contributed by atoms with Gasteiger partial charge in [0.05, 0.1) is 47.5 Å². The summed E-state index contributed by atoms with van der Waals surface area (Å²) in [6.07, 6.45) is 11.6. The highest BCUT2D eigenvalue weighted by molar-refractivity contribution is 5.87. The van der Waals surface area contributed by atoms with Gasteiger partial charge in [-0.25, -0.2) is 19.9 Å². The van der Waals surface area contributed by atoms with Crippen molar-refractivity contribution in [3.8, 4) is 23.0 Å². The summed E-state index contributed by atoms with van der Waals surface area (Å²) in [6.45, 7) is 7.10. The quantitative estimate of drug-likeness (QED) is 0.331. The zero-order chi connectivity index (χ0) is 26.5. The monoisotopic (exact) mass is 522 g/mol. The van der Waals surface area contributed by atoms with Crippen molar-refractivity contribution < 1.29 is 4.74 Å². The molecule has 198 valence electrons. The van der Waals surface area contributed by atoms with Crippen LogP contribution in [0.4, 0.5) is 5.69 Å². The largest absolute Gasteiger partial charge is 0.378 e. The van der Waals surface area contributed by atoms with Crippen LogP contribution in [0.15, 0.2) is 66.4 Å². The van der Waals surface area contributed by atoms with E-state index in [1.165, 1.54) is 17.4 Å². The van der Waals surface area contributed by atoms with E-state index >= 15 is 0 Å². The van der Waals surface area contributed by atoms with Crippen LogP contribution in [-0.4, -0.2) is 59.9 Å². The molecule has 2 fully saturated rings. The molecule has 2 aliphatic rings. The third-order valence-electron chi connectivity index (χ3n) is 7.52. The molecule has 5 heterocycles. The molecule has 0 atom stereocenters. The molecule has 1 aliphatic heterocycles. The molecule has 1 saturated heterocycles. The van der Waals surface area contributed by atoms with Crippen molar-refractivity contribution in [2.24, 2.45) is 0 Å². The molecular weight excluding hydrogens is 492 g/mol. The zero-order valence-electron chi connectivity index (χ0n) is 22.1. The van der Waals surface area contributed by atoms with E-state index in [9.17, 15) is 4.79 Å². The van der Waals surface area contributed by atoms with Crippen LogP contribution in [0.1, 0.15) is 44.3 Å². The third kappa shape index (κ3) is 4.30. The maximum Gasteiger partial charge on any atom is 0.267 e. The Morgan fingerprint density at radius 2 is 1.85 bits per heavy atom. The first-order valence-corrected chi connectivity index (χ1v) is 13.5. The van der Waals surface area contributed by atoms with Crippen LogP contribution in [0.3, 0.4) is 0 Å². The van der Waals surface area contributed by atoms with Crippen molar-refractivity contribution in [3.63, 3.8) is 0 Å². The van der Waals surface area contributed by atoms with Gasteiger partial charge in [-0.3, -0.25) is 9.36 Å². The van der Waals surface area contributed by atoms with Gasteiger partial charge in [-0.05, 0) is 51.0 Å². The number of imidazole rings is 2. The maximum atomic E-state index is 13.9. The fourth-order valence-corrected chi connectivity index (χ4v) is 5.24.